The smallest absolute Gasteiger partial charge is 0.132 e. The largest absolute Gasteiger partial charge is 0.294 e. The molecule has 0 N–H and O–H groups in total. The Labute approximate surface area is 132 Å². The van der Waals surface area contributed by atoms with E-state index >= 15 is 0 Å². The van der Waals surface area contributed by atoms with E-state index in [1.807, 2.05) is 41.8 Å². The number of para-hydroxylation sites is 2. The van der Waals surface area contributed by atoms with Crippen molar-refractivity contribution >= 4 is 34.2 Å². The third kappa shape index (κ3) is 2.37. The fourth-order valence-electron chi connectivity index (χ4n) is 2.32. The minimum atomic E-state index is -0.260. The van der Waals surface area contributed by atoms with Gasteiger partial charge in [0, 0.05) is 0 Å². The zero-order chi connectivity index (χ0) is 15.0. The maximum atomic E-state index is 8.95. The molecule has 104 valence electrons. The molecule has 0 saturated carbocycles. The van der Waals surface area contributed by atoms with Crippen LogP contribution in [-0.4, -0.2) is 9.55 Å². The summed E-state index contributed by atoms with van der Waals surface area (Å²) in [5.74, 6) is 0.726. The maximum absolute atomic E-state index is 8.95. The number of hydrogen-bond acceptors (Lipinski definition) is 2. The second-order valence-corrected chi connectivity index (χ2v) is 5.75. The van der Waals surface area contributed by atoms with Crippen LogP contribution in [0.4, 0.5) is 0 Å². The van der Waals surface area contributed by atoms with E-state index in [4.69, 9.17) is 28.5 Å². The second kappa shape index (κ2) is 5.40. The molecule has 21 heavy (non-hydrogen) atoms. The molecule has 0 bridgehead atoms. The van der Waals surface area contributed by atoms with E-state index < -0.39 is 0 Å². The molecule has 0 aliphatic rings. The molecule has 3 rings (SSSR count). The lowest BCUT2D eigenvalue weighted by Crippen LogP contribution is -2.02. The highest BCUT2D eigenvalue weighted by atomic mass is 35.5. The van der Waals surface area contributed by atoms with Crippen LogP contribution in [0.5, 0.6) is 0 Å². The Morgan fingerprint density at radius 2 is 2.00 bits per heavy atom. The lowest BCUT2D eigenvalue weighted by atomic mass is 10.2. The molecular formula is C16H11Cl2N3. The number of nitrogens with zero attached hydrogens (tertiary/aromatic N) is 3. The van der Waals surface area contributed by atoms with Crippen LogP contribution in [0.15, 0.2) is 42.5 Å². The molecule has 0 amide bonds. The van der Waals surface area contributed by atoms with E-state index in [1.54, 1.807) is 12.1 Å². The van der Waals surface area contributed by atoms with Gasteiger partial charge in [0.2, 0.25) is 0 Å². The molecule has 0 fully saturated rings. The average Bonchev–Trinajstić information content (AvgIpc) is 2.86. The number of fused-ring (bicyclic) bond motifs is 1. The maximum Gasteiger partial charge on any atom is 0.132 e. The van der Waals surface area contributed by atoms with E-state index in [9.17, 15) is 0 Å². The number of hydrogen-bond donors (Lipinski definition) is 0. The predicted octanol–water partition coefficient (Wildman–Crippen LogP) is 4.85. The van der Waals surface area contributed by atoms with Gasteiger partial charge in [-0.05, 0) is 37.3 Å². The van der Waals surface area contributed by atoms with Gasteiger partial charge in [-0.3, -0.25) is 4.57 Å². The molecule has 5 heteroatoms. The zero-order valence-electron chi connectivity index (χ0n) is 11.2. The average molecular weight is 316 g/mol. The zero-order valence-corrected chi connectivity index (χ0v) is 12.7. The minimum absolute atomic E-state index is 0.260. The topological polar surface area (TPSA) is 41.6 Å². The molecule has 2 aromatic carbocycles. The van der Waals surface area contributed by atoms with E-state index in [2.05, 4.69) is 11.1 Å². The van der Waals surface area contributed by atoms with Crippen molar-refractivity contribution < 1.29 is 0 Å². The molecule has 1 aromatic heterocycles. The summed E-state index contributed by atoms with van der Waals surface area (Å²) in [5, 5.41) is 9.19. The van der Waals surface area contributed by atoms with Crippen molar-refractivity contribution in [3.63, 3.8) is 0 Å². The van der Waals surface area contributed by atoms with E-state index in [0.717, 1.165) is 22.5 Å². The quantitative estimate of drug-likeness (QED) is 0.634. The third-order valence-electron chi connectivity index (χ3n) is 3.26. The monoisotopic (exact) mass is 315 g/mol. The lowest BCUT2D eigenvalue weighted by molar-refractivity contribution is 0.882. The van der Waals surface area contributed by atoms with Gasteiger partial charge in [-0.25, -0.2) is 4.98 Å². The summed E-state index contributed by atoms with van der Waals surface area (Å²) in [5.41, 5.74) is 3.09. The van der Waals surface area contributed by atoms with Crippen molar-refractivity contribution in [3.05, 3.63) is 58.9 Å². The number of imidazole rings is 1. The van der Waals surface area contributed by atoms with E-state index in [-0.39, 0.29) is 5.38 Å². The van der Waals surface area contributed by atoms with Crippen LogP contribution in [0.3, 0.4) is 0 Å². The summed E-state index contributed by atoms with van der Waals surface area (Å²) in [6, 6.07) is 15.1. The van der Waals surface area contributed by atoms with Crippen molar-refractivity contribution in [1.29, 1.82) is 5.26 Å². The molecule has 1 heterocycles. The van der Waals surface area contributed by atoms with Crippen LogP contribution in [0, 0.1) is 11.3 Å². The van der Waals surface area contributed by atoms with Gasteiger partial charge < -0.3 is 0 Å². The molecule has 1 atom stereocenters. The van der Waals surface area contributed by atoms with Crippen molar-refractivity contribution in [2.24, 2.45) is 0 Å². The highest BCUT2D eigenvalue weighted by molar-refractivity contribution is 6.32. The van der Waals surface area contributed by atoms with Gasteiger partial charge in [0.1, 0.15) is 5.82 Å². The number of aromatic nitrogens is 2. The first-order valence-corrected chi connectivity index (χ1v) is 7.24. The number of alkyl halides is 1. The Hall–Kier alpha value is -2.02. The fraction of sp³-hybridized carbons (Fsp3) is 0.125. The Balaban J connectivity index is 2.33. The van der Waals surface area contributed by atoms with Gasteiger partial charge in [-0.2, -0.15) is 5.26 Å². The standard InChI is InChI=1S/C16H11Cl2N3/c1-10(17)16-20-13-4-2-3-5-15(13)21(16)14-7-6-11(9-19)8-12(14)18/h2-8,10H,1H3. The molecule has 0 aliphatic carbocycles. The summed E-state index contributed by atoms with van der Waals surface area (Å²) >= 11 is 12.6. The summed E-state index contributed by atoms with van der Waals surface area (Å²) in [6.45, 7) is 1.87. The van der Waals surface area contributed by atoms with Crippen LogP contribution in [0.1, 0.15) is 23.7 Å². The molecule has 1 unspecified atom stereocenters. The van der Waals surface area contributed by atoms with Crippen LogP contribution in [0.25, 0.3) is 16.7 Å². The highest BCUT2D eigenvalue weighted by Gasteiger charge is 2.17. The van der Waals surface area contributed by atoms with E-state index in [1.165, 1.54) is 0 Å². The number of nitriles is 1. The lowest BCUT2D eigenvalue weighted by Gasteiger charge is -2.12. The summed E-state index contributed by atoms with van der Waals surface area (Å²) in [4.78, 5) is 4.58. The highest BCUT2D eigenvalue weighted by Crippen LogP contribution is 2.31. The first-order chi connectivity index (χ1) is 10.1. The Kier molecular flexibility index (Phi) is 3.59. The second-order valence-electron chi connectivity index (χ2n) is 4.69. The van der Waals surface area contributed by atoms with Gasteiger partial charge >= 0.3 is 0 Å². The van der Waals surface area contributed by atoms with Crippen LogP contribution < -0.4 is 0 Å². The Bertz CT molecular complexity index is 860. The normalized spacial score (nSPS) is 12.3. The molecule has 0 aliphatic heterocycles. The first-order valence-electron chi connectivity index (χ1n) is 6.43. The first kappa shape index (κ1) is 13.9. The van der Waals surface area contributed by atoms with Gasteiger partial charge in [0.15, 0.2) is 0 Å². The Morgan fingerprint density at radius 3 is 2.67 bits per heavy atom. The molecule has 3 aromatic rings. The Morgan fingerprint density at radius 1 is 1.24 bits per heavy atom. The van der Waals surface area contributed by atoms with Crippen LogP contribution >= 0.6 is 23.2 Å². The number of benzene rings is 2. The molecule has 0 saturated heterocycles. The van der Waals surface area contributed by atoms with Crippen molar-refractivity contribution in [1.82, 2.24) is 9.55 Å². The van der Waals surface area contributed by atoms with Crippen molar-refractivity contribution in [2.45, 2.75) is 12.3 Å². The fourth-order valence-corrected chi connectivity index (χ4v) is 2.73. The summed E-state index contributed by atoms with van der Waals surface area (Å²) in [7, 11) is 0. The van der Waals surface area contributed by atoms with E-state index in [0.29, 0.717) is 10.6 Å². The van der Waals surface area contributed by atoms with Crippen molar-refractivity contribution in [3.8, 4) is 11.8 Å². The third-order valence-corrected chi connectivity index (χ3v) is 3.76. The SMILES string of the molecule is CC(Cl)c1nc2ccccc2n1-c1ccc(C#N)cc1Cl. The molecular weight excluding hydrogens is 305 g/mol. The van der Waals surface area contributed by atoms with Gasteiger partial charge in [-0.15, -0.1) is 11.6 Å². The van der Waals surface area contributed by atoms with Crippen molar-refractivity contribution in [2.75, 3.05) is 0 Å². The van der Waals surface area contributed by atoms with Gasteiger partial charge in [0.05, 0.1) is 38.8 Å². The molecule has 0 radical (unpaired) electrons. The summed E-state index contributed by atoms with van der Waals surface area (Å²) in [6.07, 6.45) is 0. The van der Waals surface area contributed by atoms with Crippen LogP contribution in [0.2, 0.25) is 5.02 Å². The summed E-state index contributed by atoms with van der Waals surface area (Å²) < 4.78 is 1.94. The van der Waals surface area contributed by atoms with Crippen LogP contribution in [-0.2, 0) is 0 Å². The number of halogens is 2. The minimum Gasteiger partial charge on any atom is -0.294 e. The van der Waals surface area contributed by atoms with Gasteiger partial charge in [0.25, 0.3) is 0 Å². The molecule has 0 spiro atoms. The molecule has 3 nitrogen and oxygen atoms in total. The predicted molar refractivity (Wildman–Crippen MR) is 85.1 cm³/mol. The van der Waals surface area contributed by atoms with Gasteiger partial charge in [-0.1, -0.05) is 23.7 Å². The number of rotatable bonds is 2.